The van der Waals surface area contributed by atoms with Gasteiger partial charge in [0.2, 0.25) is 17.7 Å². The van der Waals surface area contributed by atoms with Crippen LogP contribution in [0.2, 0.25) is 5.02 Å². The zero-order chi connectivity index (χ0) is 46.4. The van der Waals surface area contributed by atoms with Gasteiger partial charge in [-0.1, -0.05) is 63.2 Å². The maximum atomic E-state index is 13.6. The highest BCUT2D eigenvalue weighted by molar-refractivity contribution is 7.98. The van der Waals surface area contributed by atoms with Crippen molar-refractivity contribution in [2.75, 3.05) is 18.9 Å². The van der Waals surface area contributed by atoms with Gasteiger partial charge in [0.25, 0.3) is 0 Å². The number of halogens is 1. The van der Waals surface area contributed by atoms with Crippen molar-refractivity contribution in [3.8, 4) is 40.5 Å². The van der Waals surface area contributed by atoms with E-state index in [1.807, 2.05) is 27.7 Å². The Hall–Kier alpha value is -6.18. The van der Waals surface area contributed by atoms with Crippen molar-refractivity contribution >= 4 is 52.9 Å². The lowest BCUT2D eigenvalue weighted by atomic mass is 9.97. The number of rotatable bonds is 21. The Balaban J connectivity index is 1.56. The molecular weight excluding hydrogens is 850 g/mol. The molecule has 63 heavy (non-hydrogen) atoms. The summed E-state index contributed by atoms with van der Waals surface area (Å²) in [7, 11) is 0. The number of amides is 2. The normalized spacial score (nSPS) is 13.5. The van der Waals surface area contributed by atoms with E-state index in [4.69, 9.17) is 47.4 Å². The van der Waals surface area contributed by atoms with Crippen LogP contribution in [-0.2, 0) is 34.4 Å². The number of carbonyl (C=O) groups excluding carboxylic acids is 4. The summed E-state index contributed by atoms with van der Waals surface area (Å²) in [5.74, 6) is -1.83. The van der Waals surface area contributed by atoms with Gasteiger partial charge >= 0.3 is 11.9 Å². The van der Waals surface area contributed by atoms with Gasteiger partial charge in [-0.2, -0.15) is 10.5 Å². The average Bonchev–Trinajstić information content (AvgIpc) is 3.72. The number of hydrogen-bond donors (Lipinski definition) is 5. The molecule has 0 saturated carbocycles. The van der Waals surface area contributed by atoms with Crippen LogP contribution in [0.15, 0.2) is 64.2 Å². The quantitative estimate of drug-likeness (QED) is 0.0526. The largest absolute Gasteiger partial charge is 0.490 e. The average molecular weight is 902 g/mol. The Bertz CT molecular complexity index is 2310. The molecule has 4 aromatic rings. The fourth-order valence-electron chi connectivity index (χ4n) is 5.95. The SMILES string of the molecule is CC(C)C[C@H](NC(=O)[C@H](C)N)C(=O)OC[C@H](COc1ccc(-c2c(C#N)c(N)nc(SCc3coc(-c4ccc(Cl)cc4)n3)c2C#N)cc1)OC(=O)[C@H](CC(C)C)NC(=O)[C@H](C)N. The van der Waals surface area contributed by atoms with Gasteiger partial charge in [-0.25, -0.2) is 19.6 Å². The van der Waals surface area contributed by atoms with Crippen molar-refractivity contribution in [3.63, 3.8) is 0 Å². The van der Waals surface area contributed by atoms with Crippen LogP contribution in [0.1, 0.15) is 71.2 Å². The fraction of sp³-hybridized carbons (Fsp3) is 0.409. The summed E-state index contributed by atoms with van der Waals surface area (Å²) in [6.45, 7) is 9.67. The minimum absolute atomic E-state index is 0.00199. The lowest BCUT2D eigenvalue weighted by molar-refractivity contribution is -0.164. The smallest absolute Gasteiger partial charge is 0.329 e. The number of carbonyl (C=O) groups is 4. The van der Waals surface area contributed by atoms with E-state index in [1.165, 1.54) is 31.9 Å². The number of nitrogens with two attached hydrogens (primary N) is 3. The van der Waals surface area contributed by atoms with Gasteiger partial charge in [0.15, 0.2) is 6.10 Å². The molecule has 0 aliphatic carbocycles. The first-order chi connectivity index (χ1) is 29.9. The van der Waals surface area contributed by atoms with Gasteiger partial charge in [0.05, 0.1) is 23.3 Å². The van der Waals surface area contributed by atoms with Gasteiger partial charge in [0.1, 0.15) is 65.9 Å². The molecule has 334 valence electrons. The van der Waals surface area contributed by atoms with Crippen LogP contribution in [0.4, 0.5) is 5.82 Å². The molecule has 2 amide bonds. The minimum atomic E-state index is -1.19. The van der Waals surface area contributed by atoms with Crippen LogP contribution in [0.3, 0.4) is 0 Å². The predicted molar refractivity (Wildman–Crippen MR) is 236 cm³/mol. The first-order valence-corrected chi connectivity index (χ1v) is 21.5. The molecule has 5 atom stereocenters. The number of oxazole rings is 1. The van der Waals surface area contributed by atoms with Crippen LogP contribution in [0.5, 0.6) is 5.75 Å². The van der Waals surface area contributed by atoms with E-state index in [1.54, 1.807) is 48.5 Å². The number of benzene rings is 2. The molecule has 2 aromatic carbocycles. The lowest BCUT2D eigenvalue weighted by Gasteiger charge is -2.25. The number of nitrogens with zero attached hydrogens (tertiary/aromatic N) is 4. The summed E-state index contributed by atoms with van der Waals surface area (Å²) in [5.41, 5.74) is 19.9. The third-order valence-corrected chi connectivity index (χ3v) is 10.4. The Morgan fingerprint density at radius 2 is 1.35 bits per heavy atom. The number of esters is 2. The number of aromatic nitrogens is 2. The molecule has 0 spiro atoms. The second-order valence-corrected chi connectivity index (χ2v) is 17.0. The van der Waals surface area contributed by atoms with Crippen molar-refractivity contribution in [1.82, 2.24) is 20.6 Å². The molecule has 0 saturated heterocycles. The topological polar surface area (TPSA) is 285 Å². The number of ether oxygens (including phenoxy) is 3. The zero-order valence-electron chi connectivity index (χ0n) is 35.8. The Labute approximate surface area is 375 Å². The number of pyridine rings is 1. The third kappa shape index (κ3) is 14.4. The molecule has 2 heterocycles. The summed E-state index contributed by atoms with van der Waals surface area (Å²) in [6.07, 6.45) is 0.797. The van der Waals surface area contributed by atoms with Gasteiger partial charge in [-0.3, -0.25) is 9.59 Å². The molecular formula is C44H52ClN9O8S. The lowest BCUT2D eigenvalue weighted by Crippen LogP contribution is -2.50. The van der Waals surface area contributed by atoms with E-state index in [2.05, 4.69) is 32.7 Å². The van der Waals surface area contributed by atoms with Gasteiger partial charge in [-0.05, 0) is 80.5 Å². The third-order valence-electron chi connectivity index (χ3n) is 9.13. The minimum Gasteiger partial charge on any atom is -0.490 e. The molecule has 0 fully saturated rings. The van der Waals surface area contributed by atoms with Crippen molar-refractivity contribution in [1.29, 1.82) is 10.5 Å². The zero-order valence-corrected chi connectivity index (χ0v) is 37.4. The number of hydrogen-bond acceptors (Lipinski definition) is 16. The van der Waals surface area contributed by atoms with Crippen LogP contribution >= 0.6 is 23.4 Å². The molecule has 0 unspecified atom stereocenters. The van der Waals surface area contributed by atoms with Crippen LogP contribution in [0, 0.1) is 34.5 Å². The molecule has 0 aliphatic rings. The monoisotopic (exact) mass is 901 g/mol. The maximum absolute atomic E-state index is 13.6. The van der Waals surface area contributed by atoms with Crippen LogP contribution in [-0.4, -0.2) is 77.2 Å². The van der Waals surface area contributed by atoms with Gasteiger partial charge in [-0.15, -0.1) is 0 Å². The second kappa shape index (κ2) is 23.3. The predicted octanol–water partition coefficient (Wildman–Crippen LogP) is 5.26. The Kier molecular flexibility index (Phi) is 18.3. The summed E-state index contributed by atoms with van der Waals surface area (Å²) in [5, 5.41) is 26.5. The summed E-state index contributed by atoms with van der Waals surface area (Å²) in [4.78, 5) is 60.7. The van der Waals surface area contributed by atoms with Crippen molar-refractivity contribution in [3.05, 3.63) is 76.6 Å². The van der Waals surface area contributed by atoms with E-state index >= 15 is 0 Å². The van der Waals surface area contributed by atoms with E-state index < -0.39 is 60.6 Å². The summed E-state index contributed by atoms with van der Waals surface area (Å²) < 4.78 is 23.1. The molecule has 0 bridgehead atoms. The first kappa shape index (κ1) is 49.5. The fourth-order valence-corrected chi connectivity index (χ4v) is 6.95. The molecule has 0 radical (unpaired) electrons. The van der Waals surface area contributed by atoms with Crippen molar-refractivity contribution < 1.29 is 37.8 Å². The van der Waals surface area contributed by atoms with Crippen LogP contribution in [0.25, 0.3) is 22.6 Å². The molecule has 17 nitrogen and oxygen atoms in total. The van der Waals surface area contributed by atoms with Gasteiger partial charge in [0, 0.05) is 21.9 Å². The van der Waals surface area contributed by atoms with E-state index in [0.717, 1.165) is 5.56 Å². The van der Waals surface area contributed by atoms with E-state index in [-0.39, 0.29) is 70.3 Å². The molecule has 2 aromatic heterocycles. The summed E-state index contributed by atoms with van der Waals surface area (Å²) in [6, 6.07) is 13.8. The maximum Gasteiger partial charge on any atom is 0.329 e. The standard InChI is InChI=1S/C44H52ClN9O8S/c1-23(2)15-35(52-39(55)25(5)48)43(57)61-21-32(62-44(58)36(16-24(3)4)53-40(56)26(6)49)20-59-31-13-9-27(10-14-31)37-33(17-46)38(50)54-42(34(37)18-47)63-22-30-19-60-41(51-30)28-7-11-29(45)12-8-28/h7-14,19,23-26,32,35-36H,15-16,20-22,48-49H2,1-6H3,(H2,50,54)(H,52,55)(H,53,56)/t25-,26-,32-,35-,36-/m0/s1. The first-order valence-electron chi connectivity index (χ1n) is 20.1. The molecule has 8 N–H and O–H groups in total. The highest BCUT2D eigenvalue weighted by atomic mass is 35.5. The van der Waals surface area contributed by atoms with Gasteiger partial charge < -0.3 is 46.5 Å². The Morgan fingerprint density at radius 3 is 1.89 bits per heavy atom. The highest BCUT2D eigenvalue weighted by Crippen LogP contribution is 2.37. The molecule has 4 rings (SSSR count). The number of nitriles is 2. The summed E-state index contributed by atoms with van der Waals surface area (Å²) >= 11 is 7.20. The number of anilines is 1. The highest BCUT2D eigenvalue weighted by Gasteiger charge is 2.30. The Morgan fingerprint density at radius 1 is 0.794 bits per heavy atom. The van der Waals surface area contributed by atoms with Crippen LogP contribution < -0.4 is 32.6 Å². The number of nitrogen functional groups attached to an aromatic ring is 1. The molecule has 19 heteroatoms. The van der Waals surface area contributed by atoms with E-state index in [0.29, 0.717) is 22.2 Å². The van der Waals surface area contributed by atoms with Crippen molar-refractivity contribution in [2.45, 2.75) is 95.4 Å². The molecule has 0 aliphatic heterocycles. The van der Waals surface area contributed by atoms with E-state index in [9.17, 15) is 29.7 Å². The van der Waals surface area contributed by atoms with Crippen molar-refractivity contribution in [2.24, 2.45) is 23.3 Å². The second-order valence-electron chi connectivity index (χ2n) is 15.6. The number of nitrogens with one attached hydrogen (secondary N) is 2. The number of thioether (sulfide) groups is 1.